The molecular weight excluding hydrogens is 423 g/mol. The van der Waals surface area contributed by atoms with Crippen molar-refractivity contribution in [2.75, 3.05) is 46.0 Å². The van der Waals surface area contributed by atoms with Crippen LogP contribution in [0.15, 0.2) is 0 Å². The van der Waals surface area contributed by atoms with Crippen LogP contribution in [0.3, 0.4) is 0 Å². The molecule has 0 fully saturated rings. The van der Waals surface area contributed by atoms with Crippen LogP contribution in [-0.4, -0.2) is 67.7 Å². The zero-order valence-corrected chi connectivity index (χ0v) is 20.7. The Kier molecular flexibility index (Phi) is 22.9. The van der Waals surface area contributed by atoms with Crippen LogP contribution in [0.5, 0.6) is 0 Å². The summed E-state index contributed by atoms with van der Waals surface area (Å²) in [5, 5.41) is 17.7. The summed E-state index contributed by atoms with van der Waals surface area (Å²) in [5.41, 5.74) is 0. The molecule has 32 heavy (non-hydrogen) atoms. The molecule has 0 bridgehead atoms. The lowest BCUT2D eigenvalue weighted by atomic mass is 10.1. The Morgan fingerprint density at radius 3 is 1.56 bits per heavy atom. The lowest BCUT2D eigenvalue weighted by Gasteiger charge is -2.38. The number of hydrogen-bond donors (Lipinski definition) is 1. The molecule has 0 aromatic heterocycles. The van der Waals surface area contributed by atoms with E-state index in [9.17, 15) is 13.2 Å². The number of carboxylic acid groups (broad SMARTS) is 1. The highest BCUT2D eigenvalue weighted by Gasteiger charge is 2.28. The highest BCUT2D eigenvalue weighted by Crippen LogP contribution is 2.16. The molecule has 0 aliphatic rings. The summed E-state index contributed by atoms with van der Waals surface area (Å²) in [5.74, 6) is -3.01. The lowest BCUT2D eigenvalue weighted by molar-refractivity contribution is -0.928. The third kappa shape index (κ3) is 21.0. The van der Waals surface area contributed by atoms with Gasteiger partial charge in [-0.2, -0.15) is 13.2 Å². The molecule has 0 spiro atoms. The van der Waals surface area contributed by atoms with Crippen LogP contribution in [0.4, 0.5) is 13.2 Å². The van der Waals surface area contributed by atoms with E-state index in [1.165, 1.54) is 101 Å². The molecule has 0 aliphatic carbocycles. The molecule has 0 aromatic carbocycles. The topological polar surface area (TPSA) is 69.6 Å². The maximum absolute atomic E-state index is 10.5. The van der Waals surface area contributed by atoms with Crippen LogP contribution in [0.1, 0.15) is 97.8 Å². The fraction of sp³-hybridized carbons (Fsp3) is 0.958. The van der Waals surface area contributed by atoms with Gasteiger partial charge in [0.2, 0.25) is 0 Å². The Morgan fingerprint density at radius 1 is 0.750 bits per heavy atom. The number of carboxylic acids is 1. The van der Waals surface area contributed by atoms with Crippen LogP contribution < -0.4 is 5.11 Å². The van der Waals surface area contributed by atoms with Gasteiger partial charge in [-0.1, -0.05) is 72.1 Å². The van der Waals surface area contributed by atoms with E-state index < -0.39 is 12.1 Å². The van der Waals surface area contributed by atoms with Gasteiger partial charge in [0.05, 0.1) is 39.5 Å². The number of carbonyl (C=O) groups excluding carboxylic acids is 1. The average Bonchev–Trinajstić information content (AvgIpc) is 2.73. The molecule has 0 aliphatic heterocycles. The van der Waals surface area contributed by atoms with E-state index in [0.29, 0.717) is 6.61 Å². The third-order valence-electron chi connectivity index (χ3n) is 5.56. The number of aliphatic carboxylic acids is 1. The van der Waals surface area contributed by atoms with E-state index >= 15 is 0 Å². The fourth-order valence-electron chi connectivity index (χ4n) is 3.98. The Labute approximate surface area is 193 Å². The van der Waals surface area contributed by atoms with Crippen molar-refractivity contribution in [2.24, 2.45) is 0 Å². The van der Waals surface area contributed by atoms with Crippen LogP contribution >= 0.6 is 0 Å². The second-order valence-corrected chi connectivity index (χ2v) is 8.54. The molecule has 194 valence electrons. The number of rotatable bonds is 20. The van der Waals surface area contributed by atoms with Crippen molar-refractivity contribution in [2.45, 2.75) is 104 Å². The second-order valence-electron chi connectivity index (χ2n) is 8.54. The zero-order chi connectivity index (χ0) is 24.7. The number of hydrogen-bond acceptors (Lipinski definition) is 4. The number of ether oxygens (including phenoxy) is 1. The predicted octanol–water partition coefficient (Wildman–Crippen LogP) is 4.85. The summed E-state index contributed by atoms with van der Waals surface area (Å²) < 4.78 is 38.3. The number of nitrogens with zero attached hydrogens (tertiary/aromatic N) is 1. The number of aliphatic hydroxyl groups excluding tert-OH is 1. The standard InChI is InChI=1S/C22H48NO2.C2HF3O2/c1-4-7-8-9-10-11-12-13-14-15-18-23(16-5-2,17-6-3)19-21-25-22-20-24;3-2(4,5)1(6)7/h24H,4-22H2,1-3H3;(H,6,7)/q+1;/p-1. The Morgan fingerprint density at radius 2 is 1.19 bits per heavy atom. The van der Waals surface area contributed by atoms with Gasteiger partial charge in [-0.3, -0.25) is 0 Å². The highest BCUT2D eigenvalue weighted by molar-refractivity contribution is 5.70. The zero-order valence-electron chi connectivity index (χ0n) is 20.7. The highest BCUT2D eigenvalue weighted by atomic mass is 19.4. The van der Waals surface area contributed by atoms with E-state index in [1.54, 1.807) is 0 Å². The molecule has 0 unspecified atom stereocenters. The first-order valence-corrected chi connectivity index (χ1v) is 12.5. The summed E-state index contributed by atoms with van der Waals surface area (Å²) in [4.78, 5) is 8.78. The van der Waals surface area contributed by atoms with Crippen LogP contribution in [0.2, 0.25) is 0 Å². The van der Waals surface area contributed by atoms with E-state index in [1.807, 2.05) is 0 Å². The summed E-state index contributed by atoms with van der Waals surface area (Å²) in [6.45, 7) is 13.3. The first-order valence-electron chi connectivity index (χ1n) is 12.5. The molecule has 0 amide bonds. The number of carbonyl (C=O) groups is 1. The number of alkyl halides is 3. The van der Waals surface area contributed by atoms with Gasteiger partial charge in [0.1, 0.15) is 12.5 Å². The van der Waals surface area contributed by atoms with Crippen molar-refractivity contribution >= 4 is 5.97 Å². The molecule has 1 N–H and O–H groups in total. The largest absolute Gasteiger partial charge is 0.542 e. The van der Waals surface area contributed by atoms with Crippen molar-refractivity contribution in [3.63, 3.8) is 0 Å². The minimum atomic E-state index is -5.19. The maximum Gasteiger partial charge on any atom is 0.430 e. The monoisotopic (exact) mass is 471 g/mol. The predicted molar refractivity (Wildman–Crippen MR) is 121 cm³/mol. The molecule has 0 rings (SSSR count). The minimum Gasteiger partial charge on any atom is -0.542 e. The quantitative estimate of drug-likeness (QED) is 0.204. The van der Waals surface area contributed by atoms with Gasteiger partial charge in [-0.25, -0.2) is 0 Å². The number of halogens is 3. The Bertz CT molecular complexity index is 415. The van der Waals surface area contributed by atoms with E-state index in [-0.39, 0.29) is 6.61 Å². The summed E-state index contributed by atoms with van der Waals surface area (Å²) in [7, 11) is 0. The first kappa shape index (κ1) is 33.3. The van der Waals surface area contributed by atoms with Crippen molar-refractivity contribution in [3.8, 4) is 0 Å². The summed E-state index contributed by atoms with van der Waals surface area (Å²) in [6.07, 6.45) is 11.4. The van der Waals surface area contributed by atoms with Gasteiger partial charge >= 0.3 is 6.18 Å². The van der Waals surface area contributed by atoms with E-state index in [2.05, 4.69) is 20.8 Å². The van der Waals surface area contributed by atoms with Gasteiger partial charge in [-0.15, -0.1) is 0 Å². The molecule has 0 heterocycles. The van der Waals surface area contributed by atoms with Crippen LogP contribution in [0, 0.1) is 0 Å². The Hall–Kier alpha value is -0.860. The van der Waals surface area contributed by atoms with E-state index in [0.717, 1.165) is 13.2 Å². The van der Waals surface area contributed by atoms with Crippen LogP contribution in [-0.2, 0) is 9.53 Å². The molecule has 0 atom stereocenters. The molecule has 5 nitrogen and oxygen atoms in total. The number of unbranched alkanes of at least 4 members (excludes halogenated alkanes) is 9. The van der Waals surface area contributed by atoms with Crippen molar-refractivity contribution in [1.82, 2.24) is 0 Å². The second kappa shape index (κ2) is 22.0. The molecule has 0 radical (unpaired) electrons. The fourth-order valence-corrected chi connectivity index (χ4v) is 3.98. The molecule has 0 aromatic rings. The normalized spacial score (nSPS) is 11.8. The van der Waals surface area contributed by atoms with E-state index in [4.69, 9.17) is 19.7 Å². The SMILES string of the molecule is CCCCCCCCCCCC[N+](CCC)(CCC)CCOCCO.O=C([O-])C(F)(F)F. The molecule has 0 saturated carbocycles. The number of aliphatic hydroxyl groups is 1. The van der Waals surface area contributed by atoms with Gasteiger partial charge in [0.15, 0.2) is 0 Å². The van der Waals surface area contributed by atoms with Gasteiger partial charge in [0.25, 0.3) is 0 Å². The molecular formula is C24H48F3NO4. The summed E-state index contributed by atoms with van der Waals surface area (Å²) >= 11 is 0. The Balaban J connectivity index is 0. The molecule has 8 heteroatoms. The minimum absolute atomic E-state index is 0.139. The molecule has 0 saturated heterocycles. The number of quaternary nitrogens is 1. The first-order chi connectivity index (χ1) is 15.2. The maximum atomic E-state index is 10.5. The summed E-state index contributed by atoms with van der Waals surface area (Å²) in [6, 6.07) is 0. The van der Waals surface area contributed by atoms with Crippen molar-refractivity contribution in [1.29, 1.82) is 0 Å². The van der Waals surface area contributed by atoms with Crippen molar-refractivity contribution < 1.29 is 37.4 Å². The van der Waals surface area contributed by atoms with Gasteiger partial charge < -0.3 is 24.2 Å². The van der Waals surface area contributed by atoms with Crippen LogP contribution in [0.25, 0.3) is 0 Å². The average molecular weight is 472 g/mol. The third-order valence-corrected chi connectivity index (χ3v) is 5.56. The van der Waals surface area contributed by atoms with Gasteiger partial charge in [-0.05, 0) is 25.7 Å². The lowest BCUT2D eigenvalue weighted by Crippen LogP contribution is -2.51. The van der Waals surface area contributed by atoms with Crippen molar-refractivity contribution in [3.05, 3.63) is 0 Å². The smallest absolute Gasteiger partial charge is 0.430 e. The van der Waals surface area contributed by atoms with Gasteiger partial charge in [0, 0.05) is 0 Å².